The Bertz CT molecular complexity index is 1550. The Balaban J connectivity index is 1.20. The molecule has 4 fully saturated rings. The molecule has 4 saturated carbocycles. The Morgan fingerprint density at radius 1 is 0.750 bits per heavy atom. The van der Waals surface area contributed by atoms with Crippen molar-refractivity contribution in [2.75, 3.05) is 18.1 Å². The number of carbonyl (C=O) groups is 3. The van der Waals surface area contributed by atoms with E-state index >= 15 is 0 Å². The number of hydrogen-bond acceptors (Lipinski definition) is 8. The van der Waals surface area contributed by atoms with E-state index in [1.54, 1.807) is 0 Å². The van der Waals surface area contributed by atoms with Crippen LogP contribution in [-0.4, -0.2) is 105 Å². The molecule has 8 nitrogen and oxygen atoms in total. The molecule has 0 unspecified atom stereocenters. The van der Waals surface area contributed by atoms with Gasteiger partial charge in [0, 0.05) is 18.6 Å². The van der Waals surface area contributed by atoms with E-state index in [-0.39, 0.29) is 59.1 Å². The lowest BCUT2D eigenvalue weighted by Crippen LogP contribution is -2.70. The fourth-order valence-electron chi connectivity index (χ4n) is 10.8. The number of aliphatic hydroxyl groups excluding tert-OH is 2. The number of ether oxygens (including phenoxy) is 2. The van der Waals surface area contributed by atoms with Crippen LogP contribution in [0.2, 0.25) is 0 Å². The molecule has 0 aromatic carbocycles. The zero-order chi connectivity index (χ0) is 45.7. The van der Waals surface area contributed by atoms with Crippen LogP contribution in [0.5, 0.6) is 0 Å². The number of aliphatic carboxylic acids is 1. The van der Waals surface area contributed by atoms with E-state index in [9.17, 15) is 86.8 Å². The van der Waals surface area contributed by atoms with Crippen LogP contribution in [0.15, 0.2) is 0 Å². The molecule has 0 amide bonds. The number of esters is 2. The van der Waals surface area contributed by atoms with Crippen LogP contribution in [-0.2, 0) is 23.9 Å². The van der Waals surface area contributed by atoms with Crippen LogP contribution < -0.4 is 0 Å². The van der Waals surface area contributed by atoms with Gasteiger partial charge in [-0.1, -0.05) is 20.8 Å². The second-order valence-electron chi connectivity index (χ2n) is 17.5. The van der Waals surface area contributed by atoms with Gasteiger partial charge in [-0.15, -0.1) is 0 Å². The number of carbonyl (C=O) groups excluding carboxylic acids is 2. The van der Waals surface area contributed by atoms with Crippen molar-refractivity contribution in [1.82, 2.24) is 0 Å². The van der Waals surface area contributed by atoms with Gasteiger partial charge < -0.3 is 24.8 Å². The SMILES string of the molecule is C[C@H](CCC(=O)O)[C@H]1CC[C@H]2[C@@H]3[C@H](O)C[C@@H]4C[C@H](OC(=O)CCC(=O)OCCSCCC(F)(F)C(F)(F)C(F)(F)C(F)(F)C(F)(F)C(F)(F)F)CC[C@]4(C)[C@H]3C[C@H](O)[C@]12C. The van der Waals surface area contributed by atoms with Gasteiger partial charge >= 0.3 is 53.7 Å². The molecule has 0 aliphatic heterocycles. The fraction of sp³-hybridized carbons (Fsp3) is 0.921. The summed E-state index contributed by atoms with van der Waals surface area (Å²) in [7, 11) is 0. The number of alkyl halides is 13. The quantitative estimate of drug-likeness (QED) is 0.0701. The minimum absolute atomic E-state index is 0.000290. The van der Waals surface area contributed by atoms with Crippen LogP contribution in [0.1, 0.15) is 97.8 Å². The van der Waals surface area contributed by atoms with Crippen molar-refractivity contribution in [3.05, 3.63) is 0 Å². The first kappa shape index (κ1) is 50.4. The standard InChI is InChI=1S/C38H51F13O8S/c1-19(4-7-27(54)55)22-5-6-23-30-24(18-26(53)32(22,23)3)31(2)11-10-21(16-20(31)17-25(30)52)59-29(57)9-8-28(56)58-13-15-60-14-12-33(39,40)34(41,42)35(43,44)36(45,46)37(47,48)38(49,50)51/h19-26,30,52-53H,4-18H2,1-3H3,(H,54,55)/t19-,20+,21-,22-,23+,24+,25-,26+,30+,31+,32-/m1/s1. The van der Waals surface area contributed by atoms with Crippen molar-refractivity contribution in [2.24, 2.45) is 46.3 Å². The smallest absolute Gasteiger partial charge is 0.460 e. The molecule has 0 radical (unpaired) electrons. The topological polar surface area (TPSA) is 130 Å². The van der Waals surface area contributed by atoms with Gasteiger partial charge in [0.2, 0.25) is 0 Å². The summed E-state index contributed by atoms with van der Waals surface area (Å²) in [6.45, 7) is 5.66. The fourth-order valence-corrected chi connectivity index (χ4v) is 11.6. The first-order chi connectivity index (χ1) is 27.3. The largest absolute Gasteiger partial charge is 0.481 e. The Morgan fingerprint density at radius 3 is 1.95 bits per heavy atom. The molecule has 4 aliphatic carbocycles. The van der Waals surface area contributed by atoms with Crippen molar-refractivity contribution < 1.29 is 96.3 Å². The molecule has 22 heteroatoms. The highest BCUT2D eigenvalue weighted by atomic mass is 32.2. The summed E-state index contributed by atoms with van der Waals surface area (Å²) >= 11 is 0.245. The van der Waals surface area contributed by atoms with Crippen molar-refractivity contribution >= 4 is 29.7 Å². The van der Waals surface area contributed by atoms with Crippen LogP contribution >= 0.6 is 11.8 Å². The molecule has 0 bridgehead atoms. The van der Waals surface area contributed by atoms with Crippen LogP contribution in [0.4, 0.5) is 57.1 Å². The lowest BCUT2D eigenvalue weighted by molar-refractivity contribution is -0.439. The number of thioether (sulfide) groups is 1. The Kier molecular flexibility index (Phi) is 14.9. The minimum Gasteiger partial charge on any atom is -0.481 e. The number of hydrogen-bond donors (Lipinski definition) is 3. The molecule has 4 rings (SSSR count). The highest BCUT2D eigenvalue weighted by molar-refractivity contribution is 7.99. The Hall–Kier alpha value is -2.23. The van der Waals surface area contributed by atoms with Crippen molar-refractivity contribution in [1.29, 1.82) is 0 Å². The molecule has 0 heterocycles. The van der Waals surface area contributed by atoms with E-state index in [2.05, 4.69) is 13.8 Å². The van der Waals surface area contributed by atoms with E-state index in [0.29, 0.717) is 38.5 Å². The van der Waals surface area contributed by atoms with E-state index in [4.69, 9.17) is 9.47 Å². The molecule has 0 saturated heterocycles. The van der Waals surface area contributed by atoms with Gasteiger partial charge in [0.25, 0.3) is 0 Å². The lowest BCUT2D eigenvalue weighted by atomic mass is 9.43. The summed E-state index contributed by atoms with van der Waals surface area (Å²) in [6, 6.07) is 0. The Morgan fingerprint density at radius 2 is 1.35 bits per heavy atom. The summed E-state index contributed by atoms with van der Waals surface area (Å²) in [5, 5.41) is 32.6. The van der Waals surface area contributed by atoms with Crippen molar-refractivity contribution in [3.63, 3.8) is 0 Å². The maximum atomic E-state index is 14.0. The molecular weight excluding hydrogens is 863 g/mol. The van der Waals surface area contributed by atoms with Crippen molar-refractivity contribution in [2.45, 2.75) is 152 Å². The number of carboxylic acids is 1. The van der Waals surface area contributed by atoms with Crippen molar-refractivity contribution in [3.8, 4) is 0 Å². The lowest BCUT2D eigenvalue weighted by Gasteiger charge is -2.63. The summed E-state index contributed by atoms with van der Waals surface area (Å²) in [5.74, 6) is -41.3. The number of rotatable bonds is 18. The van der Waals surface area contributed by atoms with Gasteiger partial charge in [0.15, 0.2) is 0 Å². The van der Waals surface area contributed by atoms with E-state index in [1.165, 1.54) is 0 Å². The second-order valence-corrected chi connectivity index (χ2v) is 18.7. The third kappa shape index (κ3) is 9.08. The maximum absolute atomic E-state index is 14.0. The first-order valence-electron chi connectivity index (χ1n) is 19.8. The molecule has 60 heavy (non-hydrogen) atoms. The van der Waals surface area contributed by atoms with Gasteiger partial charge in [-0.25, -0.2) is 0 Å². The third-order valence-corrected chi connectivity index (χ3v) is 15.1. The predicted molar refractivity (Wildman–Crippen MR) is 187 cm³/mol. The predicted octanol–water partition coefficient (Wildman–Crippen LogP) is 9.19. The molecular formula is C38H51F13O8S. The monoisotopic (exact) mass is 914 g/mol. The zero-order valence-electron chi connectivity index (χ0n) is 33.0. The van der Waals surface area contributed by atoms with Gasteiger partial charge in [0.05, 0.1) is 25.0 Å². The average Bonchev–Trinajstić information content (AvgIpc) is 3.49. The molecule has 3 N–H and O–H groups in total. The van der Waals surface area contributed by atoms with E-state index in [1.807, 2.05) is 6.92 Å². The third-order valence-electron chi connectivity index (χ3n) is 14.2. The highest BCUT2D eigenvalue weighted by Gasteiger charge is 2.90. The molecule has 348 valence electrons. The average molecular weight is 915 g/mol. The highest BCUT2D eigenvalue weighted by Crippen LogP contribution is 2.69. The molecule has 11 atom stereocenters. The van der Waals surface area contributed by atoms with Crippen LogP contribution in [0.25, 0.3) is 0 Å². The molecule has 4 aliphatic rings. The summed E-state index contributed by atoms with van der Waals surface area (Å²) in [5.41, 5.74) is -0.740. The van der Waals surface area contributed by atoms with E-state index < -0.39 is 115 Å². The van der Waals surface area contributed by atoms with Gasteiger partial charge in [-0.2, -0.15) is 68.8 Å². The molecule has 0 aromatic rings. The van der Waals surface area contributed by atoms with E-state index in [0.717, 1.165) is 12.8 Å². The maximum Gasteiger partial charge on any atom is 0.460 e. The number of fused-ring (bicyclic) bond motifs is 5. The normalized spacial score (nSPS) is 33.3. The van der Waals surface area contributed by atoms with Crippen LogP contribution in [0.3, 0.4) is 0 Å². The second kappa shape index (κ2) is 17.7. The Labute approximate surface area is 342 Å². The first-order valence-corrected chi connectivity index (χ1v) is 20.9. The number of aliphatic hydroxyl groups is 2. The minimum atomic E-state index is -7.96. The number of carboxylic acid groups (broad SMARTS) is 1. The summed E-state index contributed by atoms with van der Waals surface area (Å²) in [4.78, 5) is 36.0. The molecule has 0 spiro atoms. The van der Waals surface area contributed by atoms with Crippen LogP contribution in [0, 0.1) is 46.3 Å². The molecule has 0 aromatic heterocycles. The van der Waals surface area contributed by atoms with Gasteiger partial charge in [0.1, 0.15) is 12.7 Å². The summed E-state index contributed by atoms with van der Waals surface area (Å²) in [6.07, 6.45) is -7.95. The van der Waals surface area contributed by atoms with Gasteiger partial charge in [-0.05, 0) is 103 Å². The van der Waals surface area contributed by atoms with Gasteiger partial charge in [-0.3, -0.25) is 14.4 Å². The zero-order valence-corrected chi connectivity index (χ0v) is 33.8. The summed E-state index contributed by atoms with van der Waals surface area (Å²) < 4.78 is 183. The number of halogens is 13.